The molecule has 0 unspecified atom stereocenters. The van der Waals surface area contributed by atoms with E-state index in [-0.39, 0.29) is 0 Å². The molecule has 3 heterocycles. The Kier molecular flexibility index (Phi) is 2.01. The zero-order valence-electron chi connectivity index (χ0n) is 8.79. The lowest BCUT2D eigenvalue weighted by Gasteiger charge is -2.08. The smallest absolute Gasteiger partial charge is 0.238 e. The maximum Gasteiger partial charge on any atom is 0.238 e. The van der Waals surface area contributed by atoms with Crippen molar-refractivity contribution >= 4 is 0 Å². The van der Waals surface area contributed by atoms with Crippen molar-refractivity contribution in [2.45, 2.75) is 26.6 Å². The van der Waals surface area contributed by atoms with E-state index < -0.39 is 0 Å². The van der Waals surface area contributed by atoms with E-state index in [1.807, 2.05) is 11.5 Å². The van der Waals surface area contributed by atoms with Crippen molar-refractivity contribution in [3.05, 3.63) is 17.8 Å². The Labute approximate surface area is 91.3 Å². The van der Waals surface area contributed by atoms with E-state index in [1.165, 1.54) is 11.5 Å². The van der Waals surface area contributed by atoms with Gasteiger partial charge < -0.3 is 14.3 Å². The Bertz CT molecular complexity index is 504. The van der Waals surface area contributed by atoms with Gasteiger partial charge in [0.15, 0.2) is 5.82 Å². The molecule has 0 amide bonds. The molecule has 1 N–H and O–H groups in total. The van der Waals surface area contributed by atoms with Gasteiger partial charge in [0.25, 0.3) is 0 Å². The zero-order chi connectivity index (χ0) is 11.1. The number of hydrogen-bond acceptors (Lipinski definition) is 6. The van der Waals surface area contributed by atoms with E-state index in [1.54, 1.807) is 0 Å². The third-order valence-corrected chi connectivity index (χ3v) is 2.70. The minimum absolute atomic E-state index is 0.452. The largest absolute Gasteiger partial charge is 0.342 e. The fraction of sp³-hybridized carbons (Fsp3) is 0.444. The highest BCUT2D eigenvalue weighted by atomic mass is 16.5. The summed E-state index contributed by atoms with van der Waals surface area (Å²) in [6.45, 7) is 3.73. The van der Waals surface area contributed by atoms with E-state index in [0.717, 1.165) is 17.9 Å². The van der Waals surface area contributed by atoms with Gasteiger partial charge >= 0.3 is 0 Å². The minimum atomic E-state index is 0.452. The van der Waals surface area contributed by atoms with Crippen LogP contribution in [0.2, 0.25) is 0 Å². The van der Waals surface area contributed by atoms with Gasteiger partial charge in [-0.2, -0.15) is 10.0 Å². The van der Waals surface area contributed by atoms with Gasteiger partial charge in [0.05, 0.1) is 24.5 Å². The molecular weight excluding hydrogens is 210 g/mol. The average molecular weight is 221 g/mol. The quantitative estimate of drug-likeness (QED) is 0.802. The number of nitrogens with zero attached hydrogens (tertiary/aromatic N) is 5. The predicted octanol–water partition coefficient (Wildman–Crippen LogP) is 0.658. The van der Waals surface area contributed by atoms with Crippen LogP contribution in [0.3, 0.4) is 0 Å². The van der Waals surface area contributed by atoms with Gasteiger partial charge in [0.2, 0.25) is 12.2 Å². The highest BCUT2D eigenvalue weighted by molar-refractivity contribution is 5.46. The summed E-state index contributed by atoms with van der Waals surface area (Å²) in [5, 5.41) is 14.4. The molecule has 0 radical (unpaired) electrons. The van der Waals surface area contributed by atoms with Gasteiger partial charge in [0.1, 0.15) is 0 Å². The molecule has 7 heteroatoms. The van der Waals surface area contributed by atoms with Gasteiger partial charge in [-0.3, -0.25) is 0 Å². The number of aromatic nitrogens is 4. The average Bonchev–Trinajstić information content (AvgIpc) is 2.90. The molecule has 2 aromatic rings. The fourth-order valence-electron chi connectivity index (χ4n) is 2.02. The van der Waals surface area contributed by atoms with Gasteiger partial charge in [0, 0.05) is 6.54 Å². The van der Waals surface area contributed by atoms with E-state index >= 15 is 0 Å². The summed E-state index contributed by atoms with van der Waals surface area (Å²) in [6.07, 6.45) is 1.29. The summed E-state index contributed by atoms with van der Waals surface area (Å²) in [4.78, 5) is 8.42. The molecule has 2 aromatic heterocycles. The van der Waals surface area contributed by atoms with Crippen LogP contribution in [0.4, 0.5) is 0 Å². The first-order valence-corrected chi connectivity index (χ1v) is 5.08. The first-order valence-electron chi connectivity index (χ1n) is 5.08. The molecule has 0 atom stereocenters. The van der Waals surface area contributed by atoms with Crippen LogP contribution in [0, 0.1) is 0 Å². The molecule has 0 bridgehead atoms. The van der Waals surface area contributed by atoms with Crippen LogP contribution >= 0.6 is 0 Å². The topological polar surface area (TPSA) is 80.2 Å². The molecule has 3 rings (SSSR count). The highest BCUT2D eigenvalue weighted by Gasteiger charge is 2.27. The molecule has 1 aliphatic rings. The number of rotatable bonds is 2. The van der Waals surface area contributed by atoms with E-state index in [9.17, 15) is 5.21 Å². The van der Waals surface area contributed by atoms with Gasteiger partial charge in [-0.1, -0.05) is 5.16 Å². The van der Waals surface area contributed by atoms with Crippen LogP contribution in [-0.4, -0.2) is 30.0 Å². The van der Waals surface area contributed by atoms with Crippen LogP contribution in [0.25, 0.3) is 11.6 Å². The maximum absolute atomic E-state index is 9.41. The van der Waals surface area contributed by atoms with Crippen molar-refractivity contribution in [1.29, 1.82) is 0 Å². The summed E-state index contributed by atoms with van der Waals surface area (Å²) in [7, 11) is 0. The Balaban J connectivity index is 2.12. The van der Waals surface area contributed by atoms with E-state index in [4.69, 9.17) is 4.52 Å². The summed E-state index contributed by atoms with van der Waals surface area (Å²) >= 11 is 0. The van der Waals surface area contributed by atoms with Gasteiger partial charge in [-0.15, -0.1) is 0 Å². The number of hydrogen-bond donors (Lipinski definition) is 1. The van der Waals surface area contributed by atoms with Crippen molar-refractivity contribution < 1.29 is 9.73 Å². The lowest BCUT2D eigenvalue weighted by Crippen LogP contribution is -2.13. The second-order valence-corrected chi connectivity index (χ2v) is 3.65. The molecule has 1 aliphatic heterocycles. The third-order valence-electron chi connectivity index (χ3n) is 2.70. The molecule has 0 aliphatic carbocycles. The van der Waals surface area contributed by atoms with Crippen LogP contribution in [0.1, 0.15) is 18.3 Å². The molecule has 16 heavy (non-hydrogen) atoms. The molecular formula is C9H11N5O2. The molecule has 0 aromatic carbocycles. The van der Waals surface area contributed by atoms with Crippen LogP contribution in [0.5, 0.6) is 0 Å². The van der Waals surface area contributed by atoms with Crippen molar-refractivity contribution in [1.82, 2.24) is 24.8 Å². The summed E-state index contributed by atoms with van der Waals surface area (Å²) in [5.74, 6) is 1.19. The Hall–Kier alpha value is -1.73. The maximum atomic E-state index is 9.41. The molecule has 0 fully saturated rings. The van der Waals surface area contributed by atoms with Crippen LogP contribution in [0.15, 0.2) is 10.9 Å². The Morgan fingerprint density at radius 3 is 3.06 bits per heavy atom. The molecule has 7 nitrogen and oxygen atoms in total. The second kappa shape index (κ2) is 3.39. The monoisotopic (exact) mass is 221 g/mol. The van der Waals surface area contributed by atoms with E-state index in [0.29, 0.717) is 24.7 Å². The van der Waals surface area contributed by atoms with Crippen LogP contribution < -0.4 is 0 Å². The van der Waals surface area contributed by atoms with Crippen molar-refractivity contribution in [2.75, 3.05) is 0 Å². The second-order valence-electron chi connectivity index (χ2n) is 3.65. The Morgan fingerprint density at radius 1 is 1.50 bits per heavy atom. The molecule has 0 saturated carbocycles. The van der Waals surface area contributed by atoms with Gasteiger partial charge in [-0.25, -0.2) is 4.98 Å². The first-order chi connectivity index (χ1) is 7.79. The highest BCUT2D eigenvalue weighted by Crippen LogP contribution is 2.26. The summed E-state index contributed by atoms with van der Waals surface area (Å²) in [5.41, 5.74) is 1.90. The first kappa shape index (κ1) is 9.49. The molecule has 0 spiro atoms. The molecule has 84 valence electrons. The van der Waals surface area contributed by atoms with Crippen molar-refractivity contribution in [3.63, 3.8) is 0 Å². The Morgan fingerprint density at radius 2 is 2.38 bits per heavy atom. The van der Waals surface area contributed by atoms with Crippen LogP contribution in [-0.2, 0) is 19.6 Å². The zero-order valence-corrected chi connectivity index (χ0v) is 8.79. The lowest BCUT2D eigenvalue weighted by molar-refractivity contribution is -0.0985. The SMILES string of the molecule is CCn1c(-c2ncon2)nc2c1CN(O)C2. The fourth-order valence-corrected chi connectivity index (χ4v) is 2.02. The van der Waals surface area contributed by atoms with Crippen molar-refractivity contribution in [2.24, 2.45) is 0 Å². The summed E-state index contributed by atoms with van der Waals surface area (Å²) in [6, 6.07) is 0. The number of fused-ring (bicyclic) bond motifs is 1. The standard InChI is InChI=1S/C9H11N5O2/c1-2-14-7-4-13(15)3-6(7)11-9(14)8-10-5-16-12-8/h5,15H,2-4H2,1H3. The van der Waals surface area contributed by atoms with Gasteiger partial charge in [-0.05, 0) is 6.92 Å². The van der Waals surface area contributed by atoms with Crippen molar-refractivity contribution in [3.8, 4) is 11.6 Å². The normalized spacial score (nSPS) is 15.6. The predicted molar refractivity (Wildman–Crippen MR) is 52.2 cm³/mol. The lowest BCUT2D eigenvalue weighted by atomic mass is 10.4. The number of imidazole rings is 1. The third kappa shape index (κ3) is 1.25. The summed E-state index contributed by atoms with van der Waals surface area (Å²) < 4.78 is 6.71. The minimum Gasteiger partial charge on any atom is -0.342 e. The number of hydroxylamine groups is 2. The molecule has 0 saturated heterocycles. The van der Waals surface area contributed by atoms with E-state index in [2.05, 4.69) is 15.1 Å².